The summed E-state index contributed by atoms with van der Waals surface area (Å²) in [4.78, 5) is 0. The molecule has 0 aromatic heterocycles. The van der Waals surface area contributed by atoms with Crippen molar-refractivity contribution in [2.45, 2.75) is 58.6 Å². The summed E-state index contributed by atoms with van der Waals surface area (Å²) < 4.78 is 5.56. The van der Waals surface area contributed by atoms with E-state index in [1.54, 1.807) is 7.11 Å². The predicted octanol–water partition coefficient (Wildman–Crippen LogP) is 4.37. The molecule has 0 radical (unpaired) electrons. The third kappa shape index (κ3) is 5.82. The zero-order valence-electron chi connectivity index (χ0n) is 13.4. The van der Waals surface area contributed by atoms with Crippen LogP contribution < -0.4 is 5.32 Å². The first-order valence-electron chi connectivity index (χ1n) is 7.41. The van der Waals surface area contributed by atoms with Crippen molar-refractivity contribution in [3.05, 3.63) is 34.3 Å². The minimum atomic E-state index is -0.122. The van der Waals surface area contributed by atoms with E-state index < -0.39 is 0 Å². The van der Waals surface area contributed by atoms with Crippen LogP contribution in [0.2, 0.25) is 5.02 Å². The largest absolute Gasteiger partial charge is 0.379 e. The molecule has 114 valence electrons. The lowest BCUT2D eigenvalue weighted by molar-refractivity contribution is 0.00714. The first-order valence-corrected chi connectivity index (χ1v) is 7.79. The Kier molecular flexibility index (Phi) is 7.01. The van der Waals surface area contributed by atoms with Gasteiger partial charge in [-0.2, -0.15) is 0 Å². The topological polar surface area (TPSA) is 21.3 Å². The standard InChI is InChI=1S/C17H28ClNO/c1-6-9-19-15(12-17(3,4)20-5)11-14-8-7-13(2)10-16(14)18/h7-8,10,15,19H,6,9,11-12H2,1-5H3. The molecule has 1 N–H and O–H groups in total. The third-order valence-corrected chi connectivity index (χ3v) is 4.00. The zero-order valence-corrected chi connectivity index (χ0v) is 14.2. The molecule has 3 heteroatoms. The van der Waals surface area contributed by atoms with Crippen LogP contribution in [-0.2, 0) is 11.2 Å². The van der Waals surface area contributed by atoms with E-state index in [2.05, 4.69) is 45.1 Å². The fourth-order valence-corrected chi connectivity index (χ4v) is 2.64. The van der Waals surface area contributed by atoms with Gasteiger partial charge in [0.05, 0.1) is 5.60 Å². The number of halogens is 1. The number of rotatable bonds is 8. The highest BCUT2D eigenvalue weighted by molar-refractivity contribution is 6.31. The lowest BCUT2D eigenvalue weighted by Crippen LogP contribution is -2.39. The molecular weight excluding hydrogens is 270 g/mol. The Morgan fingerprint density at radius 1 is 1.35 bits per heavy atom. The average Bonchev–Trinajstić information content (AvgIpc) is 2.39. The smallest absolute Gasteiger partial charge is 0.0637 e. The van der Waals surface area contributed by atoms with Crippen molar-refractivity contribution in [1.29, 1.82) is 0 Å². The highest BCUT2D eigenvalue weighted by atomic mass is 35.5. The van der Waals surface area contributed by atoms with Gasteiger partial charge in [-0.05, 0) is 63.8 Å². The summed E-state index contributed by atoms with van der Waals surface area (Å²) in [5.74, 6) is 0. The van der Waals surface area contributed by atoms with Gasteiger partial charge in [0.15, 0.2) is 0 Å². The van der Waals surface area contributed by atoms with Crippen molar-refractivity contribution in [2.24, 2.45) is 0 Å². The number of aryl methyl sites for hydroxylation is 1. The first-order chi connectivity index (χ1) is 9.38. The van der Waals surface area contributed by atoms with E-state index >= 15 is 0 Å². The maximum atomic E-state index is 6.35. The van der Waals surface area contributed by atoms with Gasteiger partial charge in [-0.25, -0.2) is 0 Å². The van der Waals surface area contributed by atoms with Crippen LogP contribution >= 0.6 is 11.6 Å². The van der Waals surface area contributed by atoms with Crippen LogP contribution in [0.1, 0.15) is 44.7 Å². The van der Waals surface area contributed by atoms with Gasteiger partial charge < -0.3 is 10.1 Å². The van der Waals surface area contributed by atoms with Gasteiger partial charge in [0.2, 0.25) is 0 Å². The summed E-state index contributed by atoms with van der Waals surface area (Å²) >= 11 is 6.35. The van der Waals surface area contributed by atoms with Crippen LogP contribution in [0.3, 0.4) is 0 Å². The van der Waals surface area contributed by atoms with Crippen molar-refractivity contribution in [3.63, 3.8) is 0 Å². The molecular formula is C17H28ClNO. The highest BCUT2D eigenvalue weighted by Crippen LogP contribution is 2.23. The van der Waals surface area contributed by atoms with E-state index in [0.717, 1.165) is 30.8 Å². The molecule has 1 atom stereocenters. The maximum absolute atomic E-state index is 6.35. The van der Waals surface area contributed by atoms with Gasteiger partial charge in [-0.1, -0.05) is 30.7 Å². The minimum Gasteiger partial charge on any atom is -0.379 e. The fraction of sp³-hybridized carbons (Fsp3) is 0.647. The summed E-state index contributed by atoms with van der Waals surface area (Å²) in [6.45, 7) is 9.53. The Hall–Kier alpha value is -0.570. The van der Waals surface area contributed by atoms with E-state index in [4.69, 9.17) is 16.3 Å². The second-order valence-corrected chi connectivity index (χ2v) is 6.53. The lowest BCUT2D eigenvalue weighted by atomic mass is 9.93. The Bertz CT molecular complexity index is 417. The van der Waals surface area contributed by atoms with Crippen LogP contribution in [0.5, 0.6) is 0 Å². The van der Waals surface area contributed by atoms with Crippen LogP contribution in [0.25, 0.3) is 0 Å². The molecule has 0 saturated heterocycles. The number of benzene rings is 1. The quantitative estimate of drug-likeness (QED) is 0.769. The van der Waals surface area contributed by atoms with Crippen molar-refractivity contribution in [3.8, 4) is 0 Å². The Labute approximate surface area is 128 Å². The molecule has 0 saturated carbocycles. The Morgan fingerprint density at radius 2 is 2.05 bits per heavy atom. The molecule has 1 unspecified atom stereocenters. The third-order valence-electron chi connectivity index (χ3n) is 3.65. The Morgan fingerprint density at radius 3 is 2.60 bits per heavy atom. The summed E-state index contributed by atoms with van der Waals surface area (Å²) in [5, 5.41) is 4.48. The summed E-state index contributed by atoms with van der Waals surface area (Å²) in [5.41, 5.74) is 2.29. The second kappa shape index (κ2) is 8.02. The summed E-state index contributed by atoms with van der Waals surface area (Å²) in [6, 6.07) is 6.68. The molecule has 0 aliphatic carbocycles. The number of hydrogen-bond donors (Lipinski definition) is 1. The van der Waals surface area contributed by atoms with E-state index in [0.29, 0.717) is 6.04 Å². The van der Waals surface area contributed by atoms with E-state index in [9.17, 15) is 0 Å². The molecule has 1 rings (SSSR count). The number of nitrogens with one attached hydrogen (secondary N) is 1. The SMILES string of the molecule is CCCNC(Cc1ccc(C)cc1Cl)CC(C)(C)OC. The van der Waals surface area contributed by atoms with Gasteiger partial charge in [-0.3, -0.25) is 0 Å². The molecule has 0 aliphatic rings. The second-order valence-electron chi connectivity index (χ2n) is 6.12. The fourth-order valence-electron chi connectivity index (χ4n) is 2.33. The van der Waals surface area contributed by atoms with Crippen LogP contribution in [0.15, 0.2) is 18.2 Å². The summed E-state index contributed by atoms with van der Waals surface area (Å²) in [7, 11) is 1.77. The normalized spacial score (nSPS) is 13.5. The molecule has 0 fully saturated rings. The molecule has 1 aromatic carbocycles. The van der Waals surface area contributed by atoms with Gasteiger partial charge in [-0.15, -0.1) is 0 Å². The molecule has 2 nitrogen and oxygen atoms in total. The van der Waals surface area contributed by atoms with Gasteiger partial charge in [0, 0.05) is 18.2 Å². The van der Waals surface area contributed by atoms with Gasteiger partial charge >= 0.3 is 0 Å². The van der Waals surface area contributed by atoms with Gasteiger partial charge in [0.1, 0.15) is 0 Å². The van der Waals surface area contributed by atoms with Crippen molar-refractivity contribution >= 4 is 11.6 Å². The molecule has 20 heavy (non-hydrogen) atoms. The zero-order chi connectivity index (χ0) is 15.2. The number of methoxy groups -OCH3 is 1. The summed E-state index contributed by atoms with van der Waals surface area (Å²) in [6.07, 6.45) is 3.03. The number of hydrogen-bond acceptors (Lipinski definition) is 2. The predicted molar refractivity (Wildman–Crippen MR) is 87.7 cm³/mol. The van der Waals surface area contributed by atoms with Gasteiger partial charge in [0.25, 0.3) is 0 Å². The van der Waals surface area contributed by atoms with Crippen molar-refractivity contribution < 1.29 is 4.74 Å². The highest BCUT2D eigenvalue weighted by Gasteiger charge is 2.23. The molecule has 0 amide bonds. The van der Waals surface area contributed by atoms with E-state index in [1.165, 1.54) is 11.1 Å². The molecule has 1 aromatic rings. The van der Waals surface area contributed by atoms with Crippen LogP contribution in [-0.4, -0.2) is 25.3 Å². The maximum Gasteiger partial charge on any atom is 0.0637 e. The van der Waals surface area contributed by atoms with E-state index in [1.807, 2.05) is 6.07 Å². The Balaban J connectivity index is 2.77. The lowest BCUT2D eigenvalue weighted by Gasteiger charge is -2.29. The van der Waals surface area contributed by atoms with Crippen LogP contribution in [0, 0.1) is 6.92 Å². The molecule has 0 aliphatic heterocycles. The number of ether oxygens (including phenoxy) is 1. The van der Waals surface area contributed by atoms with Crippen molar-refractivity contribution in [2.75, 3.05) is 13.7 Å². The molecule has 0 spiro atoms. The average molecular weight is 298 g/mol. The molecule has 0 heterocycles. The molecule has 0 bridgehead atoms. The first kappa shape index (κ1) is 17.5. The minimum absolute atomic E-state index is 0.122. The van der Waals surface area contributed by atoms with E-state index in [-0.39, 0.29) is 5.60 Å². The van der Waals surface area contributed by atoms with Crippen molar-refractivity contribution in [1.82, 2.24) is 5.32 Å². The van der Waals surface area contributed by atoms with Crippen LogP contribution in [0.4, 0.5) is 0 Å². The monoisotopic (exact) mass is 297 g/mol.